The maximum absolute atomic E-state index is 11.2. The van der Waals surface area contributed by atoms with Gasteiger partial charge in [-0.2, -0.15) is 0 Å². The highest BCUT2D eigenvalue weighted by atomic mass is 32.2. The average molecular weight is 293 g/mol. The van der Waals surface area contributed by atoms with Crippen molar-refractivity contribution in [3.05, 3.63) is 30.3 Å². The molecule has 1 atom stereocenters. The summed E-state index contributed by atoms with van der Waals surface area (Å²) < 4.78 is 0. The molecule has 0 aromatic heterocycles. The van der Waals surface area contributed by atoms with E-state index in [1.807, 2.05) is 30.3 Å². The van der Waals surface area contributed by atoms with Gasteiger partial charge in [0.2, 0.25) is 0 Å². The maximum Gasteiger partial charge on any atom is 0.0548 e. The molecule has 0 spiro atoms. The van der Waals surface area contributed by atoms with Gasteiger partial charge in [0.05, 0.1) is 5.97 Å². The van der Waals surface area contributed by atoms with Crippen LogP contribution >= 0.6 is 11.8 Å². The van der Waals surface area contributed by atoms with Gasteiger partial charge in [-0.1, -0.05) is 70.1 Å². The number of aliphatic carboxylic acids is 1. The standard InChI is InChI=1S/C17H26O2S/c1-2-3-4-5-6-7-11-14-16(17(18)19)20-15-12-9-8-10-13-15/h8-10,12-13,16H,2-7,11,14H2,1H3,(H,18,19)/p-1. The first kappa shape index (κ1) is 17.1. The van der Waals surface area contributed by atoms with E-state index >= 15 is 0 Å². The van der Waals surface area contributed by atoms with Crippen LogP contribution in [0.1, 0.15) is 58.3 Å². The number of carboxylic acid groups (broad SMARTS) is 1. The Bertz CT molecular complexity index is 365. The Kier molecular flexibility index (Phi) is 9.22. The van der Waals surface area contributed by atoms with E-state index in [2.05, 4.69) is 6.92 Å². The number of carbonyl (C=O) groups is 1. The molecule has 1 aromatic rings. The van der Waals surface area contributed by atoms with Crippen molar-refractivity contribution in [1.82, 2.24) is 0 Å². The van der Waals surface area contributed by atoms with Gasteiger partial charge in [-0.15, -0.1) is 11.8 Å². The molecular weight excluding hydrogens is 268 g/mol. The Morgan fingerprint density at radius 1 is 1.05 bits per heavy atom. The minimum Gasteiger partial charge on any atom is -0.549 e. The summed E-state index contributed by atoms with van der Waals surface area (Å²) in [5, 5.41) is 10.8. The molecule has 0 aliphatic rings. The quantitative estimate of drug-likeness (QED) is 0.456. The molecule has 0 radical (unpaired) electrons. The number of rotatable bonds is 11. The second-order valence-corrected chi connectivity index (χ2v) is 6.42. The lowest BCUT2D eigenvalue weighted by molar-refractivity contribution is -0.304. The van der Waals surface area contributed by atoms with Crippen molar-refractivity contribution in [2.45, 2.75) is 68.4 Å². The van der Waals surface area contributed by atoms with E-state index in [9.17, 15) is 9.90 Å². The Balaban J connectivity index is 2.21. The normalized spacial score (nSPS) is 12.2. The SMILES string of the molecule is CCCCCCCCCC(Sc1ccccc1)C(=O)[O-]. The molecule has 0 aliphatic heterocycles. The van der Waals surface area contributed by atoms with Crippen LogP contribution in [0, 0.1) is 0 Å². The molecule has 0 aliphatic carbocycles. The van der Waals surface area contributed by atoms with Gasteiger partial charge >= 0.3 is 0 Å². The average Bonchev–Trinajstić information content (AvgIpc) is 2.46. The van der Waals surface area contributed by atoms with Crippen LogP contribution in [0.15, 0.2) is 35.2 Å². The monoisotopic (exact) mass is 293 g/mol. The largest absolute Gasteiger partial charge is 0.549 e. The topological polar surface area (TPSA) is 40.1 Å². The van der Waals surface area contributed by atoms with Crippen molar-refractivity contribution < 1.29 is 9.90 Å². The Labute approximate surface area is 127 Å². The molecule has 112 valence electrons. The zero-order chi connectivity index (χ0) is 14.6. The number of carboxylic acids is 1. The highest BCUT2D eigenvalue weighted by molar-refractivity contribution is 8.00. The van der Waals surface area contributed by atoms with E-state index in [1.54, 1.807) is 0 Å². The van der Waals surface area contributed by atoms with E-state index < -0.39 is 11.2 Å². The smallest absolute Gasteiger partial charge is 0.0548 e. The minimum absolute atomic E-state index is 0.423. The highest BCUT2D eigenvalue weighted by Crippen LogP contribution is 2.26. The summed E-state index contributed by atoms with van der Waals surface area (Å²) in [6, 6.07) is 9.70. The molecule has 3 heteroatoms. The molecule has 0 amide bonds. The van der Waals surface area contributed by atoms with E-state index in [4.69, 9.17) is 0 Å². The van der Waals surface area contributed by atoms with Crippen LogP contribution < -0.4 is 5.11 Å². The summed E-state index contributed by atoms with van der Waals surface area (Å²) in [6.07, 6.45) is 9.18. The van der Waals surface area contributed by atoms with Gasteiger partial charge in [0.15, 0.2) is 0 Å². The highest BCUT2D eigenvalue weighted by Gasteiger charge is 2.11. The van der Waals surface area contributed by atoms with Crippen molar-refractivity contribution in [3.63, 3.8) is 0 Å². The third kappa shape index (κ3) is 7.59. The minimum atomic E-state index is -0.940. The van der Waals surface area contributed by atoms with Gasteiger partial charge in [0.1, 0.15) is 0 Å². The molecule has 1 rings (SSSR count). The van der Waals surface area contributed by atoms with Crippen LogP contribution in [0.3, 0.4) is 0 Å². The number of hydrogen-bond donors (Lipinski definition) is 0. The van der Waals surface area contributed by atoms with E-state index in [0.717, 1.165) is 17.7 Å². The molecule has 2 nitrogen and oxygen atoms in total. The lowest BCUT2D eigenvalue weighted by Gasteiger charge is -2.17. The van der Waals surface area contributed by atoms with Gasteiger partial charge in [-0.3, -0.25) is 0 Å². The summed E-state index contributed by atoms with van der Waals surface area (Å²) in [5.41, 5.74) is 0. The van der Waals surface area contributed by atoms with Gasteiger partial charge in [-0.05, 0) is 18.6 Å². The molecule has 0 saturated heterocycles. The summed E-state index contributed by atoms with van der Waals surface area (Å²) in [6.45, 7) is 2.21. The molecule has 1 unspecified atom stereocenters. The molecule has 0 bridgehead atoms. The second kappa shape index (κ2) is 10.8. The third-order valence-corrected chi connectivity index (χ3v) is 4.61. The van der Waals surface area contributed by atoms with Crippen molar-refractivity contribution >= 4 is 17.7 Å². The molecule has 0 N–H and O–H groups in total. The fourth-order valence-corrected chi connectivity index (χ4v) is 3.20. The first-order valence-electron chi connectivity index (χ1n) is 7.66. The number of unbranched alkanes of at least 4 members (excludes halogenated alkanes) is 6. The van der Waals surface area contributed by atoms with Crippen LogP contribution in [0.2, 0.25) is 0 Å². The fraction of sp³-hybridized carbons (Fsp3) is 0.588. The van der Waals surface area contributed by atoms with Crippen LogP contribution in [0.5, 0.6) is 0 Å². The van der Waals surface area contributed by atoms with Crippen molar-refractivity contribution in [1.29, 1.82) is 0 Å². The van der Waals surface area contributed by atoms with E-state index in [0.29, 0.717) is 6.42 Å². The molecule has 20 heavy (non-hydrogen) atoms. The third-order valence-electron chi connectivity index (χ3n) is 3.35. The van der Waals surface area contributed by atoms with E-state index in [1.165, 1.54) is 43.9 Å². The zero-order valence-electron chi connectivity index (χ0n) is 12.3. The van der Waals surface area contributed by atoms with Gasteiger partial charge in [0.25, 0.3) is 0 Å². The number of thioether (sulfide) groups is 1. The molecule has 0 saturated carbocycles. The zero-order valence-corrected chi connectivity index (χ0v) is 13.2. The van der Waals surface area contributed by atoms with Crippen LogP contribution in [-0.2, 0) is 4.79 Å². The molecular formula is C17H25O2S-. The Hall–Kier alpha value is -0.960. The lowest BCUT2D eigenvalue weighted by atomic mass is 10.1. The summed E-state index contributed by atoms with van der Waals surface area (Å²) in [7, 11) is 0. The summed E-state index contributed by atoms with van der Waals surface area (Å²) >= 11 is 1.41. The Morgan fingerprint density at radius 3 is 2.25 bits per heavy atom. The van der Waals surface area contributed by atoms with Crippen LogP contribution in [0.25, 0.3) is 0 Å². The number of hydrogen-bond acceptors (Lipinski definition) is 3. The predicted molar refractivity (Wildman–Crippen MR) is 83.7 cm³/mol. The van der Waals surface area contributed by atoms with Crippen LogP contribution in [0.4, 0.5) is 0 Å². The van der Waals surface area contributed by atoms with Crippen molar-refractivity contribution in [2.24, 2.45) is 0 Å². The summed E-state index contributed by atoms with van der Waals surface area (Å²) in [5.74, 6) is -0.940. The van der Waals surface area contributed by atoms with Crippen LogP contribution in [-0.4, -0.2) is 11.2 Å². The Morgan fingerprint density at radius 2 is 1.65 bits per heavy atom. The first-order valence-corrected chi connectivity index (χ1v) is 8.54. The first-order chi connectivity index (χ1) is 9.74. The molecule has 1 aromatic carbocycles. The molecule has 0 heterocycles. The maximum atomic E-state index is 11.2. The van der Waals surface area contributed by atoms with E-state index in [-0.39, 0.29) is 0 Å². The molecule has 0 fully saturated rings. The van der Waals surface area contributed by atoms with Gasteiger partial charge in [0, 0.05) is 10.1 Å². The second-order valence-electron chi connectivity index (χ2n) is 5.15. The summed E-state index contributed by atoms with van der Waals surface area (Å²) in [4.78, 5) is 12.2. The lowest BCUT2D eigenvalue weighted by Crippen LogP contribution is -2.33. The number of carbonyl (C=O) groups excluding carboxylic acids is 1. The van der Waals surface area contributed by atoms with Gasteiger partial charge < -0.3 is 9.90 Å². The van der Waals surface area contributed by atoms with Gasteiger partial charge in [-0.25, -0.2) is 0 Å². The predicted octanol–water partition coefficient (Wildman–Crippen LogP) is 4.04. The number of benzene rings is 1. The fourth-order valence-electron chi connectivity index (χ4n) is 2.18. The van der Waals surface area contributed by atoms with Crippen molar-refractivity contribution in [3.8, 4) is 0 Å². The van der Waals surface area contributed by atoms with Crippen molar-refractivity contribution in [2.75, 3.05) is 0 Å².